The molecule has 9 heteroatoms. The SMILES string of the molecule is O=C(OCc1ccc([N+](=O)[O-])cc1)c1ccc(Oc2ccc([N+](=O)[O-])cc2)cc1. The maximum absolute atomic E-state index is 12.1. The lowest BCUT2D eigenvalue weighted by atomic mass is 10.2. The van der Waals surface area contributed by atoms with Crippen molar-refractivity contribution in [1.82, 2.24) is 0 Å². The molecule has 0 aliphatic heterocycles. The van der Waals surface area contributed by atoms with Gasteiger partial charge in [-0.1, -0.05) is 0 Å². The normalized spacial score (nSPS) is 10.2. The van der Waals surface area contributed by atoms with Crippen molar-refractivity contribution >= 4 is 17.3 Å². The third-order valence-electron chi connectivity index (χ3n) is 3.89. The molecule has 146 valence electrons. The van der Waals surface area contributed by atoms with E-state index in [0.29, 0.717) is 22.6 Å². The molecule has 0 saturated heterocycles. The summed E-state index contributed by atoms with van der Waals surface area (Å²) in [6.07, 6.45) is 0. The second-order valence-electron chi connectivity index (χ2n) is 5.88. The maximum Gasteiger partial charge on any atom is 0.338 e. The van der Waals surface area contributed by atoms with Gasteiger partial charge in [0.05, 0.1) is 15.4 Å². The summed E-state index contributed by atoms with van der Waals surface area (Å²) in [6, 6.07) is 17.5. The zero-order valence-electron chi connectivity index (χ0n) is 14.9. The van der Waals surface area contributed by atoms with Gasteiger partial charge in [0.1, 0.15) is 18.1 Å². The van der Waals surface area contributed by atoms with E-state index >= 15 is 0 Å². The Morgan fingerprint density at radius 2 is 1.17 bits per heavy atom. The number of rotatable bonds is 7. The molecule has 0 radical (unpaired) electrons. The molecule has 3 aromatic carbocycles. The van der Waals surface area contributed by atoms with Crippen molar-refractivity contribution in [3.8, 4) is 11.5 Å². The largest absolute Gasteiger partial charge is 0.457 e. The van der Waals surface area contributed by atoms with Crippen molar-refractivity contribution in [2.24, 2.45) is 0 Å². The van der Waals surface area contributed by atoms with Gasteiger partial charge in [0.15, 0.2) is 0 Å². The van der Waals surface area contributed by atoms with Crippen LogP contribution in [0.2, 0.25) is 0 Å². The highest BCUT2D eigenvalue weighted by atomic mass is 16.6. The van der Waals surface area contributed by atoms with Crippen LogP contribution in [0.1, 0.15) is 15.9 Å². The molecule has 0 heterocycles. The summed E-state index contributed by atoms with van der Waals surface area (Å²) >= 11 is 0. The van der Waals surface area contributed by atoms with Gasteiger partial charge < -0.3 is 9.47 Å². The second kappa shape index (κ2) is 8.61. The molecule has 0 saturated carbocycles. The zero-order valence-corrected chi connectivity index (χ0v) is 14.9. The first kappa shape index (κ1) is 19.5. The Morgan fingerprint density at radius 1 is 0.724 bits per heavy atom. The number of hydrogen-bond acceptors (Lipinski definition) is 7. The number of nitrogens with zero attached hydrogens (tertiary/aromatic N) is 2. The molecule has 0 aliphatic rings. The Labute approximate surface area is 164 Å². The van der Waals surface area contributed by atoms with Gasteiger partial charge in [-0.05, 0) is 54.1 Å². The van der Waals surface area contributed by atoms with Gasteiger partial charge >= 0.3 is 5.97 Å². The van der Waals surface area contributed by atoms with E-state index in [1.54, 1.807) is 12.1 Å². The second-order valence-corrected chi connectivity index (χ2v) is 5.88. The highest BCUT2D eigenvalue weighted by Crippen LogP contribution is 2.24. The fourth-order valence-corrected chi connectivity index (χ4v) is 2.38. The summed E-state index contributed by atoms with van der Waals surface area (Å²) in [5.41, 5.74) is 0.859. The van der Waals surface area contributed by atoms with Crippen LogP contribution in [-0.2, 0) is 11.3 Å². The first-order valence-corrected chi connectivity index (χ1v) is 8.35. The number of ether oxygens (including phenoxy) is 2. The number of hydrogen-bond donors (Lipinski definition) is 0. The summed E-state index contributed by atoms with van der Waals surface area (Å²) in [6.45, 7) is -0.0160. The topological polar surface area (TPSA) is 122 Å². The van der Waals surface area contributed by atoms with E-state index in [-0.39, 0.29) is 18.0 Å². The predicted molar refractivity (Wildman–Crippen MR) is 102 cm³/mol. The molecule has 0 spiro atoms. The quantitative estimate of drug-likeness (QED) is 0.325. The fraction of sp³-hybridized carbons (Fsp3) is 0.0500. The van der Waals surface area contributed by atoms with Crippen molar-refractivity contribution in [1.29, 1.82) is 0 Å². The molecule has 0 fully saturated rings. The highest BCUT2D eigenvalue weighted by Gasteiger charge is 2.10. The van der Waals surface area contributed by atoms with E-state index in [0.717, 1.165) is 0 Å². The van der Waals surface area contributed by atoms with E-state index in [1.807, 2.05) is 0 Å². The first-order valence-electron chi connectivity index (χ1n) is 8.35. The average Bonchev–Trinajstić information content (AvgIpc) is 2.73. The van der Waals surface area contributed by atoms with Gasteiger partial charge in [0.25, 0.3) is 11.4 Å². The van der Waals surface area contributed by atoms with Crippen molar-refractivity contribution in [3.63, 3.8) is 0 Å². The Balaban J connectivity index is 1.56. The molecule has 0 unspecified atom stereocenters. The summed E-state index contributed by atoms with van der Waals surface area (Å²) in [5, 5.41) is 21.3. The first-order chi connectivity index (χ1) is 13.9. The van der Waals surface area contributed by atoms with Gasteiger partial charge in [-0.3, -0.25) is 20.2 Å². The molecular weight excluding hydrogens is 380 g/mol. The van der Waals surface area contributed by atoms with E-state index in [2.05, 4.69) is 0 Å². The van der Waals surface area contributed by atoms with E-state index in [1.165, 1.54) is 60.7 Å². The van der Waals surface area contributed by atoms with Crippen molar-refractivity contribution in [3.05, 3.63) is 104 Å². The lowest BCUT2D eigenvalue weighted by Gasteiger charge is -2.07. The molecule has 0 aromatic heterocycles. The molecule has 0 N–H and O–H groups in total. The Morgan fingerprint density at radius 3 is 1.66 bits per heavy atom. The van der Waals surface area contributed by atoms with Gasteiger partial charge in [-0.2, -0.15) is 0 Å². The Bertz CT molecular complexity index is 1030. The summed E-state index contributed by atoms with van der Waals surface area (Å²) in [5.74, 6) is 0.320. The number of esters is 1. The lowest BCUT2D eigenvalue weighted by Crippen LogP contribution is -2.05. The number of nitro benzene ring substituents is 2. The van der Waals surface area contributed by atoms with Crippen LogP contribution in [0, 0.1) is 20.2 Å². The average molecular weight is 394 g/mol. The molecule has 29 heavy (non-hydrogen) atoms. The van der Waals surface area contributed by atoms with Crippen LogP contribution in [0.5, 0.6) is 11.5 Å². The van der Waals surface area contributed by atoms with Crippen molar-refractivity contribution in [2.45, 2.75) is 6.61 Å². The molecular formula is C20H14N2O7. The molecule has 0 aliphatic carbocycles. The van der Waals surface area contributed by atoms with Gasteiger partial charge in [0, 0.05) is 24.3 Å². The van der Waals surface area contributed by atoms with Crippen LogP contribution >= 0.6 is 0 Å². The smallest absolute Gasteiger partial charge is 0.338 e. The number of nitro groups is 2. The monoisotopic (exact) mass is 394 g/mol. The number of non-ortho nitro benzene ring substituents is 2. The molecule has 0 bridgehead atoms. The van der Waals surface area contributed by atoms with Crippen LogP contribution in [0.15, 0.2) is 72.8 Å². The minimum Gasteiger partial charge on any atom is -0.457 e. The zero-order chi connectivity index (χ0) is 20.8. The van der Waals surface area contributed by atoms with Crippen LogP contribution in [0.3, 0.4) is 0 Å². The Kier molecular flexibility index (Phi) is 5.79. The third kappa shape index (κ3) is 5.13. The number of carbonyl (C=O) groups excluding carboxylic acids is 1. The summed E-state index contributed by atoms with van der Waals surface area (Å²) < 4.78 is 10.8. The van der Waals surface area contributed by atoms with E-state index in [9.17, 15) is 25.0 Å². The van der Waals surface area contributed by atoms with Gasteiger partial charge in [-0.25, -0.2) is 4.79 Å². The van der Waals surface area contributed by atoms with Crippen LogP contribution in [0.25, 0.3) is 0 Å². The van der Waals surface area contributed by atoms with Crippen molar-refractivity contribution in [2.75, 3.05) is 0 Å². The molecule has 9 nitrogen and oxygen atoms in total. The standard InChI is InChI=1S/C20H14N2O7/c23-20(28-13-14-1-5-16(6-2-14)21(24)25)15-3-9-18(10-4-15)29-19-11-7-17(8-12-19)22(26)27/h1-12H,13H2. The minimum absolute atomic E-state index is 0.0160. The predicted octanol–water partition coefficient (Wildman–Crippen LogP) is 4.65. The highest BCUT2D eigenvalue weighted by molar-refractivity contribution is 5.89. The number of carbonyl (C=O) groups is 1. The molecule has 3 aromatic rings. The van der Waals surface area contributed by atoms with E-state index in [4.69, 9.17) is 9.47 Å². The lowest BCUT2D eigenvalue weighted by molar-refractivity contribution is -0.385. The van der Waals surface area contributed by atoms with E-state index < -0.39 is 15.8 Å². The fourth-order valence-electron chi connectivity index (χ4n) is 2.38. The molecule has 0 amide bonds. The van der Waals surface area contributed by atoms with Gasteiger partial charge in [-0.15, -0.1) is 0 Å². The minimum atomic E-state index is -0.551. The Hall–Kier alpha value is -4.27. The third-order valence-corrected chi connectivity index (χ3v) is 3.89. The van der Waals surface area contributed by atoms with Crippen LogP contribution in [0.4, 0.5) is 11.4 Å². The maximum atomic E-state index is 12.1. The van der Waals surface area contributed by atoms with Crippen LogP contribution in [-0.4, -0.2) is 15.8 Å². The summed E-state index contributed by atoms with van der Waals surface area (Å²) in [7, 11) is 0. The number of benzene rings is 3. The summed E-state index contributed by atoms with van der Waals surface area (Å²) in [4.78, 5) is 32.4. The molecule has 0 atom stereocenters. The van der Waals surface area contributed by atoms with Crippen LogP contribution < -0.4 is 4.74 Å². The van der Waals surface area contributed by atoms with Crippen molar-refractivity contribution < 1.29 is 24.1 Å². The van der Waals surface area contributed by atoms with Gasteiger partial charge in [0.2, 0.25) is 0 Å². The molecule has 3 rings (SSSR count).